The number of hydrogen-bond donors (Lipinski definition) is 1. The molecular weight excluding hydrogens is 262 g/mol. The summed E-state index contributed by atoms with van der Waals surface area (Å²) in [4.78, 5) is 8.24. The van der Waals surface area contributed by atoms with Crippen molar-refractivity contribution < 1.29 is 4.74 Å². The zero-order chi connectivity index (χ0) is 13.7. The summed E-state index contributed by atoms with van der Waals surface area (Å²) in [6.45, 7) is 2.61. The summed E-state index contributed by atoms with van der Waals surface area (Å²) in [6, 6.07) is 8.00. The second-order valence-electron chi connectivity index (χ2n) is 4.10. The zero-order valence-electron chi connectivity index (χ0n) is 11.0. The number of anilines is 2. The van der Waals surface area contributed by atoms with Crippen LogP contribution in [-0.2, 0) is 17.8 Å². The molecule has 0 aliphatic heterocycles. The van der Waals surface area contributed by atoms with E-state index in [1.165, 1.54) is 6.33 Å². The minimum Gasteiger partial charge on any atom is -0.380 e. The summed E-state index contributed by atoms with van der Waals surface area (Å²) >= 11 is 6.07. The molecule has 0 aliphatic rings. The number of nitrogens with one attached hydrogen (secondary N) is 1. The predicted molar refractivity (Wildman–Crippen MR) is 76.9 cm³/mol. The summed E-state index contributed by atoms with van der Waals surface area (Å²) in [5, 5.41) is 3.77. The third-order valence-electron chi connectivity index (χ3n) is 2.75. The lowest BCUT2D eigenvalue weighted by atomic mass is 10.2. The average Bonchev–Trinajstić information content (AvgIpc) is 2.40. The van der Waals surface area contributed by atoms with Crippen molar-refractivity contribution in [2.75, 3.05) is 12.4 Å². The Kier molecular flexibility index (Phi) is 4.71. The summed E-state index contributed by atoms with van der Waals surface area (Å²) in [7, 11) is 1.68. The number of hydrogen-bond acceptors (Lipinski definition) is 4. The normalized spacial score (nSPS) is 10.5. The van der Waals surface area contributed by atoms with Crippen LogP contribution >= 0.6 is 11.6 Å². The van der Waals surface area contributed by atoms with Crippen molar-refractivity contribution in [2.24, 2.45) is 0 Å². The van der Waals surface area contributed by atoms with Crippen LogP contribution in [0.2, 0.25) is 5.15 Å². The highest BCUT2D eigenvalue weighted by Gasteiger charge is 2.08. The van der Waals surface area contributed by atoms with Gasteiger partial charge in [0.1, 0.15) is 17.3 Å². The molecule has 0 spiro atoms. The van der Waals surface area contributed by atoms with Gasteiger partial charge < -0.3 is 10.1 Å². The van der Waals surface area contributed by atoms with Gasteiger partial charge in [0.15, 0.2) is 0 Å². The lowest BCUT2D eigenvalue weighted by molar-refractivity contribution is 0.185. The molecule has 0 aliphatic carbocycles. The van der Waals surface area contributed by atoms with Gasteiger partial charge in [-0.1, -0.05) is 30.7 Å². The molecule has 2 aromatic rings. The molecule has 19 heavy (non-hydrogen) atoms. The molecule has 1 aromatic heterocycles. The van der Waals surface area contributed by atoms with Gasteiger partial charge >= 0.3 is 0 Å². The largest absolute Gasteiger partial charge is 0.380 e. The number of nitrogens with zero attached hydrogens (tertiary/aromatic N) is 2. The summed E-state index contributed by atoms with van der Waals surface area (Å²) in [5.41, 5.74) is 2.98. The Labute approximate surface area is 117 Å². The quantitative estimate of drug-likeness (QED) is 0.849. The van der Waals surface area contributed by atoms with Crippen molar-refractivity contribution in [3.8, 4) is 0 Å². The Morgan fingerprint density at radius 2 is 2.16 bits per heavy atom. The highest BCUT2D eigenvalue weighted by Crippen LogP contribution is 2.24. The van der Waals surface area contributed by atoms with Crippen molar-refractivity contribution in [1.82, 2.24) is 9.97 Å². The standard InChI is InChI=1S/C14H16ClN3O/c1-3-12-13(15)16-9-17-14(12)18-11-6-4-5-10(7-11)8-19-2/h4-7,9H,3,8H2,1-2H3,(H,16,17,18). The van der Waals surface area contributed by atoms with Crippen molar-refractivity contribution >= 4 is 23.1 Å². The first kappa shape index (κ1) is 13.8. The molecule has 0 unspecified atom stereocenters. The second-order valence-corrected chi connectivity index (χ2v) is 4.46. The molecule has 4 nitrogen and oxygen atoms in total. The Balaban J connectivity index is 2.26. The van der Waals surface area contributed by atoms with Gasteiger partial charge in [0.25, 0.3) is 0 Å². The molecule has 0 bridgehead atoms. The fourth-order valence-electron chi connectivity index (χ4n) is 1.85. The monoisotopic (exact) mass is 277 g/mol. The van der Waals surface area contributed by atoms with Gasteiger partial charge in [0, 0.05) is 18.4 Å². The van der Waals surface area contributed by atoms with Crippen LogP contribution in [0.3, 0.4) is 0 Å². The first-order valence-corrected chi connectivity index (χ1v) is 6.46. The Morgan fingerprint density at radius 1 is 1.32 bits per heavy atom. The molecule has 0 saturated heterocycles. The third-order valence-corrected chi connectivity index (χ3v) is 3.07. The zero-order valence-corrected chi connectivity index (χ0v) is 11.7. The molecule has 2 rings (SSSR count). The van der Waals surface area contributed by atoms with Gasteiger partial charge in [-0.3, -0.25) is 0 Å². The van der Waals surface area contributed by atoms with Crippen molar-refractivity contribution in [2.45, 2.75) is 20.0 Å². The van der Waals surface area contributed by atoms with E-state index in [0.717, 1.165) is 29.1 Å². The third kappa shape index (κ3) is 3.43. The van der Waals surface area contributed by atoms with Crippen LogP contribution in [-0.4, -0.2) is 17.1 Å². The summed E-state index contributed by atoms with van der Waals surface area (Å²) < 4.78 is 5.12. The molecule has 0 atom stereocenters. The van der Waals surface area contributed by atoms with E-state index < -0.39 is 0 Å². The van der Waals surface area contributed by atoms with Crippen LogP contribution in [0.4, 0.5) is 11.5 Å². The van der Waals surface area contributed by atoms with Gasteiger partial charge in [-0.15, -0.1) is 0 Å². The first-order chi connectivity index (χ1) is 9.24. The first-order valence-electron chi connectivity index (χ1n) is 6.09. The number of methoxy groups -OCH3 is 1. The molecule has 1 N–H and O–H groups in total. The van der Waals surface area contributed by atoms with E-state index in [-0.39, 0.29) is 0 Å². The van der Waals surface area contributed by atoms with Gasteiger partial charge in [-0.25, -0.2) is 9.97 Å². The van der Waals surface area contributed by atoms with Crippen molar-refractivity contribution in [3.63, 3.8) is 0 Å². The van der Waals surface area contributed by atoms with Crippen LogP contribution in [0.5, 0.6) is 0 Å². The van der Waals surface area contributed by atoms with E-state index in [4.69, 9.17) is 16.3 Å². The minimum atomic E-state index is 0.494. The maximum atomic E-state index is 6.07. The fraction of sp³-hybridized carbons (Fsp3) is 0.286. The molecule has 100 valence electrons. The van der Waals surface area contributed by atoms with Gasteiger partial charge in [0.2, 0.25) is 0 Å². The molecular formula is C14H16ClN3O. The van der Waals surface area contributed by atoms with Crippen LogP contribution < -0.4 is 5.32 Å². The van der Waals surface area contributed by atoms with E-state index in [1.807, 2.05) is 31.2 Å². The fourth-order valence-corrected chi connectivity index (χ4v) is 2.12. The van der Waals surface area contributed by atoms with E-state index >= 15 is 0 Å². The number of ether oxygens (including phenoxy) is 1. The van der Waals surface area contributed by atoms with E-state index in [1.54, 1.807) is 7.11 Å². The molecule has 5 heteroatoms. The molecule has 1 heterocycles. The number of rotatable bonds is 5. The average molecular weight is 278 g/mol. The van der Waals surface area contributed by atoms with E-state index in [9.17, 15) is 0 Å². The van der Waals surface area contributed by atoms with Gasteiger partial charge in [0.05, 0.1) is 6.61 Å². The lowest BCUT2D eigenvalue weighted by Gasteiger charge is -2.11. The maximum Gasteiger partial charge on any atom is 0.138 e. The lowest BCUT2D eigenvalue weighted by Crippen LogP contribution is -2.01. The summed E-state index contributed by atoms with van der Waals surface area (Å²) in [5.74, 6) is 0.747. The number of benzene rings is 1. The smallest absolute Gasteiger partial charge is 0.138 e. The van der Waals surface area contributed by atoms with Crippen molar-refractivity contribution in [1.29, 1.82) is 0 Å². The van der Waals surface area contributed by atoms with Crippen LogP contribution in [0.1, 0.15) is 18.1 Å². The molecule has 1 aromatic carbocycles. The Morgan fingerprint density at radius 3 is 2.89 bits per heavy atom. The van der Waals surface area contributed by atoms with Crippen molar-refractivity contribution in [3.05, 3.63) is 46.9 Å². The van der Waals surface area contributed by atoms with Crippen LogP contribution in [0.15, 0.2) is 30.6 Å². The van der Waals surface area contributed by atoms with Gasteiger partial charge in [-0.05, 0) is 24.1 Å². The predicted octanol–water partition coefficient (Wildman–Crippen LogP) is 3.58. The van der Waals surface area contributed by atoms with Crippen LogP contribution in [0, 0.1) is 0 Å². The molecule has 0 amide bonds. The highest BCUT2D eigenvalue weighted by atomic mass is 35.5. The Bertz CT molecular complexity index is 560. The topological polar surface area (TPSA) is 47.0 Å². The molecule has 0 fully saturated rings. The van der Waals surface area contributed by atoms with E-state index in [2.05, 4.69) is 15.3 Å². The Hall–Kier alpha value is -1.65. The maximum absolute atomic E-state index is 6.07. The SMILES string of the molecule is CCc1c(Cl)ncnc1Nc1cccc(COC)c1. The van der Waals surface area contributed by atoms with Gasteiger partial charge in [-0.2, -0.15) is 0 Å². The second kappa shape index (κ2) is 6.50. The minimum absolute atomic E-state index is 0.494. The summed E-state index contributed by atoms with van der Waals surface area (Å²) in [6.07, 6.45) is 2.24. The number of aromatic nitrogens is 2. The highest BCUT2D eigenvalue weighted by molar-refractivity contribution is 6.30. The number of halogens is 1. The molecule has 0 saturated carbocycles. The van der Waals surface area contributed by atoms with Crippen LogP contribution in [0.25, 0.3) is 0 Å². The molecule has 0 radical (unpaired) electrons. The van der Waals surface area contributed by atoms with E-state index in [0.29, 0.717) is 11.8 Å².